The molecule has 0 spiro atoms. The Bertz CT molecular complexity index is 1150. The second-order valence-corrected chi connectivity index (χ2v) is 11.5. The van der Waals surface area contributed by atoms with Crippen LogP contribution >= 0.6 is 0 Å². The van der Waals surface area contributed by atoms with Crippen LogP contribution < -0.4 is 10.2 Å². The summed E-state index contributed by atoms with van der Waals surface area (Å²) in [5.74, 6) is 1.05. The van der Waals surface area contributed by atoms with Crippen LogP contribution in [0.15, 0.2) is 41.6 Å². The van der Waals surface area contributed by atoms with Gasteiger partial charge in [-0.1, -0.05) is 12.1 Å². The predicted octanol–water partition coefficient (Wildman–Crippen LogP) is 2.70. The lowest BCUT2D eigenvalue weighted by Crippen LogP contribution is -2.41. The molecule has 2 aliphatic rings. The van der Waals surface area contributed by atoms with Crippen molar-refractivity contribution >= 4 is 28.3 Å². The fraction of sp³-hybridized carbons (Fsp3) is 0.478. The summed E-state index contributed by atoms with van der Waals surface area (Å²) in [7, 11) is -3.97. The molecule has 1 aromatic carbocycles. The van der Waals surface area contributed by atoms with Gasteiger partial charge in [-0.25, -0.2) is 13.4 Å². The number of hydrogen-bond acceptors (Lipinski definition) is 7. The fourth-order valence-corrected chi connectivity index (χ4v) is 4.33. The average molecular weight is 472 g/mol. The van der Waals surface area contributed by atoms with Gasteiger partial charge in [0.25, 0.3) is 0 Å². The fourth-order valence-electron chi connectivity index (χ4n) is 3.77. The van der Waals surface area contributed by atoms with Gasteiger partial charge in [-0.05, 0) is 57.8 Å². The molecule has 8 nitrogen and oxygen atoms in total. The highest BCUT2D eigenvalue weighted by molar-refractivity contribution is 7.90. The number of benzene rings is 1. The Morgan fingerprint density at radius 3 is 2.36 bits per heavy atom. The summed E-state index contributed by atoms with van der Waals surface area (Å²) >= 11 is 0. The lowest BCUT2D eigenvalue weighted by Gasteiger charge is -2.32. The maximum absolute atomic E-state index is 12.2. The first-order chi connectivity index (χ1) is 15.4. The lowest BCUT2D eigenvalue weighted by molar-refractivity contribution is -0.128. The van der Waals surface area contributed by atoms with Crippen LogP contribution in [0, 0.1) is 0 Å². The number of hydrogen-bond donors (Lipinski definition) is 0. The molecule has 2 aromatic rings. The zero-order valence-electron chi connectivity index (χ0n) is 19.6. The lowest BCUT2D eigenvalue weighted by atomic mass is 9.78. The zero-order chi connectivity index (χ0) is 24.0. The topological polar surface area (TPSA) is 95.0 Å². The third-order valence-electron chi connectivity index (χ3n) is 6.47. The van der Waals surface area contributed by atoms with Crippen molar-refractivity contribution in [2.24, 2.45) is 0 Å². The molecule has 2 fully saturated rings. The molecule has 1 amide bonds. The molecule has 0 N–H and O–H groups in total. The van der Waals surface area contributed by atoms with Crippen molar-refractivity contribution in [3.05, 3.63) is 42.1 Å². The van der Waals surface area contributed by atoms with Gasteiger partial charge < -0.3 is 18.9 Å². The van der Waals surface area contributed by atoms with E-state index < -0.39 is 28.2 Å². The molecule has 176 valence electrons. The highest BCUT2D eigenvalue weighted by atomic mass is 32.2. The molecule has 0 radical (unpaired) electrons. The van der Waals surface area contributed by atoms with Crippen LogP contribution in [0.5, 0.6) is 11.5 Å². The number of carbonyl (C=O) groups excluding carboxylic acids is 1. The molecule has 4 rings (SSSR count). The first-order valence-electron chi connectivity index (χ1n) is 11.0. The van der Waals surface area contributed by atoms with Crippen LogP contribution in [0.25, 0.3) is 0 Å². The van der Waals surface area contributed by atoms with E-state index in [-0.39, 0.29) is 10.9 Å². The Labute approximate surface area is 195 Å². The minimum Gasteiger partial charge on any atom is -0.455 e. The molecule has 0 atom stereocenters. The van der Waals surface area contributed by atoms with Crippen molar-refractivity contribution in [1.29, 1.82) is 0 Å². The van der Waals surface area contributed by atoms with Gasteiger partial charge in [0.1, 0.15) is 11.5 Å². The van der Waals surface area contributed by atoms with E-state index in [9.17, 15) is 13.2 Å². The maximum Gasteiger partial charge on any atom is 0.494 e. The van der Waals surface area contributed by atoms with Crippen LogP contribution in [-0.2, 0) is 30.5 Å². The van der Waals surface area contributed by atoms with Crippen LogP contribution in [0.3, 0.4) is 0 Å². The van der Waals surface area contributed by atoms with E-state index in [1.807, 2.05) is 50.8 Å². The number of nitrogens with zero attached hydrogens (tertiary/aromatic N) is 2. The van der Waals surface area contributed by atoms with Crippen molar-refractivity contribution < 1.29 is 27.3 Å². The molecule has 0 aliphatic carbocycles. The van der Waals surface area contributed by atoms with E-state index in [0.717, 1.165) is 23.7 Å². The van der Waals surface area contributed by atoms with Crippen LogP contribution in [0.4, 0.5) is 0 Å². The Kier molecular flexibility index (Phi) is 6.05. The Morgan fingerprint density at radius 1 is 1.12 bits per heavy atom. The Morgan fingerprint density at radius 2 is 1.82 bits per heavy atom. The second-order valence-electron chi connectivity index (χ2n) is 9.58. The van der Waals surface area contributed by atoms with Gasteiger partial charge in [-0.15, -0.1) is 0 Å². The van der Waals surface area contributed by atoms with Crippen LogP contribution in [0.2, 0.25) is 0 Å². The van der Waals surface area contributed by atoms with Crippen LogP contribution in [-0.4, -0.2) is 55.3 Å². The monoisotopic (exact) mass is 472 g/mol. The standard InChI is InChI=1S/C23H29BN2O6S/c1-22(2)23(3,4)32-24(31-22)17-9-8-16(15-26-12-6-7-21(26)27)19(13-17)30-18-10-11-20(25-14-18)33(5,28)29/h8-11,13-14H,6-7,12,15H2,1-5H3. The summed E-state index contributed by atoms with van der Waals surface area (Å²) in [4.78, 5) is 18.0. The molecule has 10 heteroatoms. The molecule has 0 saturated carbocycles. The highest BCUT2D eigenvalue weighted by Crippen LogP contribution is 2.37. The van der Waals surface area contributed by atoms with Crippen molar-refractivity contribution in [1.82, 2.24) is 9.88 Å². The summed E-state index contributed by atoms with van der Waals surface area (Å²) in [5.41, 5.74) is 0.661. The number of ether oxygens (including phenoxy) is 1. The van der Waals surface area contributed by atoms with Gasteiger partial charge in [0.05, 0.1) is 17.4 Å². The third kappa shape index (κ3) is 4.92. The molecule has 0 bridgehead atoms. The second kappa shape index (κ2) is 8.41. The van der Waals surface area contributed by atoms with Gasteiger partial charge in [0.2, 0.25) is 5.91 Å². The Hall–Kier alpha value is -2.43. The minimum absolute atomic E-state index is 0.0243. The molecule has 1 aromatic heterocycles. The van der Waals surface area contributed by atoms with E-state index >= 15 is 0 Å². The Balaban J connectivity index is 1.65. The van der Waals surface area contributed by atoms with E-state index in [2.05, 4.69) is 4.98 Å². The molecule has 2 aliphatic heterocycles. The number of amides is 1. The van der Waals surface area contributed by atoms with Crippen LogP contribution in [0.1, 0.15) is 46.1 Å². The number of aromatic nitrogens is 1. The molecule has 33 heavy (non-hydrogen) atoms. The quantitative estimate of drug-likeness (QED) is 0.597. The number of likely N-dealkylation sites (tertiary alicyclic amines) is 1. The van der Waals surface area contributed by atoms with Crippen molar-refractivity contribution in [2.75, 3.05) is 12.8 Å². The zero-order valence-corrected chi connectivity index (χ0v) is 20.4. The van der Waals surface area contributed by atoms with E-state index in [1.54, 1.807) is 6.07 Å². The van der Waals surface area contributed by atoms with Crippen molar-refractivity contribution in [3.63, 3.8) is 0 Å². The minimum atomic E-state index is -3.41. The van der Waals surface area contributed by atoms with Gasteiger partial charge >= 0.3 is 7.12 Å². The van der Waals surface area contributed by atoms with Gasteiger partial charge in [0.15, 0.2) is 14.9 Å². The summed E-state index contributed by atoms with van der Waals surface area (Å²) in [5, 5.41) is -0.0243. The number of sulfone groups is 1. The number of rotatable bonds is 6. The summed E-state index contributed by atoms with van der Waals surface area (Å²) < 4.78 is 41.9. The average Bonchev–Trinajstić information content (AvgIpc) is 3.21. The molecular formula is C23H29BN2O6S. The maximum atomic E-state index is 12.2. The van der Waals surface area contributed by atoms with E-state index in [0.29, 0.717) is 31.0 Å². The van der Waals surface area contributed by atoms with E-state index in [4.69, 9.17) is 14.0 Å². The molecule has 0 unspecified atom stereocenters. The normalized spacial score (nSPS) is 19.8. The third-order valence-corrected chi connectivity index (χ3v) is 7.47. The highest BCUT2D eigenvalue weighted by Gasteiger charge is 2.51. The smallest absolute Gasteiger partial charge is 0.455 e. The summed E-state index contributed by atoms with van der Waals surface area (Å²) in [6.07, 6.45) is 3.88. The number of carbonyl (C=O) groups is 1. The first-order valence-corrected chi connectivity index (χ1v) is 12.9. The largest absolute Gasteiger partial charge is 0.494 e. The van der Waals surface area contributed by atoms with Crippen molar-refractivity contribution in [2.45, 2.75) is 63.3 Å². The summed E-state index contributed by atoms with van der Waals surface area (Å²) in [6, 6.07) is 8.67. The first kappa shape index (κ1) is 23.7. The molecule has 2 saturated heterocycles. The SMILES string of the molecule is CC1(C)OB(c2ccc(CN3CCCC3=O)c(Oc3ccc(S(C)(=O)=O)nc3)c2)OC1(C)C. The van der Waals surface area contributed by atoms with E-state index in [1.165, 1.54) is 12.3 Å². The molecule has 3 heterocycles. The van der Waals surface area contributed by atoms with Gasteiger partial charge in [-0.2, -0.15) is 0 Å². The van der Waals surface area contributed by atoms with Crippen molar-refractivity contribution in [3.8, 4) is 11.5 Å². The number of pyridine rings is 1. The van der Waals surface area contributed by atoms with Gasteiger partial charge in [0, 0.05) is 31.3 Å². The van der Waals surface area contributed by atoms with Gasteiger partial charge in [-0.3, -0.25) is 4.79 Å². The summed E-state index contributed by atoms with van der Waals surface area (Å²) in [6.45, 7) is 9.10. The molecular weight excluding hydrogens is 443 g/mol. The predicted molar refractivity (Wildman–Crippen MR) is 124 cm³/mol.